The van der Waals surface area contributed by atoms with Crippen LogP contribution in [0, 0.1) is 34.9 Å². The molecule has 0 unspecified atom stereocenters. The van der Waals surface area contributed by atoms with Gasteiger partial charge in [-0.05, 0) is 8.80 Å². The van der Waals surface area contributed by atoms with Gasteiger partial charge in [-0.25, -0.2) is 12.2 Å². The Morgan fingerprint density at radius 1 is 0.783 bits per heavy atom. The molecule has 0 radical (unpaired) electrons. The molecule has 0 N–H and O–H groups in total. The molecule has 0 nitrogen and oxygen atoms in total. The average molecular weight is 503 g/mol. The van der Waals surface area contributed by atoms with Gasteiger partial charge < -0.3 is 28.8 Å². The molecule has 0 aromatic heterocycles. The molecule has 1 aliphatic carbocycles. The van der Waals surface area contributed by atoms with Gasteiger partial charge in [-0.15, -0.1) is 6.42 Å². The second kappa shape index (κ2) is 15.7. The van der Waals surface area contributed by atoms with E-state index in [0.717, 1.165) is 6.42 Å². The third kappa shape index (κ3) is 9.53. The van der Waals surface area contributed by atoms with E-state index in [2.05, 4.69) is 79.4 Å². The van der Waals surface area contributed by atoms with Crippen LogP contribution in [0.1, 0.15) is 6.42 Å². The summed E-state index contributed by atoms with van der Waals surface area (Å²) in [4.78, 5) is 0. The van der Waals surface area contributed by atoms with Crippen molar-refractivity contribution in [2.24, 2.45) is 0 Å². The van der Waals surface area contributed by atoms with Crippen molar-refractivity contribution in [1.82, 2.24) is 0 Å². The first-order valence-electron chi connectivity index (χ1n) is 6.52. The Bertz CT molecular complexity index is 483. The van der Waals surface area contributed by atoms with Gasteiger partial charge in [-0.2, -0.15) is 6.08 Å². The molecule has 23 heavy (non-hydrogen) atoms. The molecule has 0 saturated carbocycles. The van der Waals surface area contributed by atoms with Gasteiger partial charge in [0.25, 0.3) is 0 Å². The smallest absolute Gasteiger partial charge is 0 e. The van der Waals surface area contributed by atoms with Crippen molar-refractivity contribution < 1.29 is 21.1 Å². The third-order valence-electron chi connectivity index (χ3n) is 2.99. The van der Waals surface area contributed by atoms with Gasteiger partial charge >= 0.3 is 0 Å². The maximum absolute atomic E-state index is 4.32. The number of hydrogen-bond acceptors (Lipinski definition) is 0. The van der Waals surface area contributed by atoms with Crippen LogP contribution in [-0.2, 0) is 21.1 Å². The SMILES string of the molecule is [C-]1=CC=CC1.[CH2-][SiH](c1ccccc1)c1ccccc1.[CH3-].[CH3-].[CH3-].[Pt]. The summed E-state index contributed by atoms with van der Waals surface area (Å²) < 4.78 is 0. The fourth-order valence-corrected chi connectivity index (χ4v) is 3.66. The van der Waals surface area contributed by atoms with Gasteiger partial charge in [0.05, 0.1) is 0 Å². The maximum atomic E-state index is 4.32. The van der Waals surface area contributed by atoms with Gasteiger partial charge in [-0.1, -0.05) is 71.0 Å². The van der Waals surface area contributed by atoms with Crippen LogP contribution in [0.3, 0.4) is 0 Å². The van der Waals surface area contributed by atoms with E-state index in [-0.39, 0.29) is 43.3 Å². The van der Waals surface area contributed by atoms with Crippen molar-refractivity contribution in [2.75, 3.05) is 0 Å². The first-order chi connectivity index (χ1) is 9.38. The molecule has 3 rings (SSSR count). The standard InChI is InChI=1S/C13H13Si.C5H5.3CH3.Pt/c1-14(12-8-4-2-5-9-12)13-10-6-3-7-11-13;1-2-4-5-3-1;;;;/h2-11,14H,1H2;1-3H,4H2;3*1H3;/q5*-1;. The zero-order chi connectivity index (χ0) is 13.3. The fraction of sp³-hybridized carbons (Fsp3) is 0.0476. The maximum Gasteiger partial charge on any atom is 0 e. The Kier molecular flexibility index (Phi) is 18.2. The van der Waals surface area contributed by atoms with Crippen LogP contribution in [0.2, 0.25) is 0 Å². The topological polar surface area (TPSA) is 0 Å². The van der Waals surface area contributed by atoms with Crippen LogP contribution in [0.25, 0.3) is 0 Å². The number of hydrogen-bond donors (Lipinski definition) is 0. The second-order valence-electron chi connectivity index (χ2n) is 4.38. The summed E-state index contributed by atoms with van der Waals surface area (Å²) in [5.74, 6) is 0. The Balaban J connectivity index is -0.000000389. The predicted molar refractivity (Wildman–Crippen MR) is 105 cm³/mol. The molecule has 2 heteroatoms. The van der Waals surface area contributed by atoms with E-state index in [1.807, 2.05) is 12.2 Å². The van der Waals surface area contributed by atoms with Crippen molar-refractivity contribution >= 4 is 19.2 Å². The molecule has 1 aliphatic rings. The summed E-state index contributed by atoms with van der Waals surface area (Å²) in [7, 11) is -1.17. The molecule has 130 valence electrons. The third-order valence-corrected chi connectivity index (χ3v) is 5.37. The molecule has 2 aromatic rings. The van der Waals surface area contributed by atoms with Crippen molar-refractivity contribution in [3.8, 4) is 0 Å². The van der Waals surface area contributed by atoms with Gasteiger partial charge in [0.2, 0.25) is 0 Å². The van der Waals surface area contributed by atoms with Crippen LogP contribution in [0.15, 0.2) is 78.9 Å². The molecule has 0 bridgehead atoms. The first-order valence-corrected chi connectivity index (χ1v) is 8.50. The summed E-state index contributed by atoms with van der Waals surface area (Å²) in [6.07, 6.45) is 10.0. The predicted octanol–water partition coefficient (Wildman–Crippen LogP) is 4.06. The molecular formula is C21H27PtSi-5. The summed E-state index contributed by atoms with van der Waals surface area (Å²) in [5.41, 5.74) is 0. The van der Waals surface area contributed by atoms with E-state index in [9.17, 15) is 0 Å². The molecule has 0 saturated heterocycles. The summed E-state index contributed by atoms with van der Waals surface area (Å²) >= 11 is 0. The molecule has 0 fully saturated rings. The Morgan fingerprint density at radius 2 is 1.22 bits per heavy atom. The zero-order valence-corrected chi connectivity index (χ0v) is 17.7. The summed E-state index contributed by atoms with van der Waals surface area (Å²) in [6.45, 7) is 4.32. The summed E-state index contributed by atoms with van der Waals surface area (Å²) in [6, 6.07) is 21.2. The van der Waals surface area contributed by atoms with Gasteiger partial charge in [-0.3, -0.25) is 6.08 Å². The van der Waals surface area contributed by atoms with E-state index in [4.69, 9.17) is 0 Å². The van der Waals surface area contributed by atoms with E-state index < -0.39 is 8.80 Å². The molecular weight excluding hydrogens is 475 g/mol. The Labute approximate surface area is 160 Å². The Morgan fingerprint density at radius 3 is 1.48 bits per heavy atom. The normalized spacial score (nSPS) is 10.2. The van der Waals surface area contributed by atoms with Crippen molar-refractivity contribution in [1.29, 1.82) is 0 Å². The molecule has 0 heterocycles. The molecule has 0 aliphatic heterocycles. The van der Waals surface area contributed by atoms with Crippen LogP contribution in [0.4, 0.5) is 0 Å². The summed E-state index contributed by atoms with van der Waals surface area (Å²) in [5, 5.41) is 2.80. The minimum atomic E-state index is -1.17. The number of allylic oxidation sites excluding steroid dienone is 4. The Hall–Kier alpha value is -1.17. The quantitative estimate of drug-likeness (QED) is 0.429. The minimum absolute atomic E-state index is 0. The zero-order valence-electron chi connectivity index (χ0n) is 14.3. The van der Waals surface area contributed by atoms with Gasteiger partial charge in [0, 0.05) is 21.1 Å². The van der Waals surface area contributed by atoms with Crippen LogP contribution in [-0.4, -0.2) is 8.80 Å². The number of benzene rings is 2. The van der Waals surface area contributed by atoms with Crippen LogP contribution < -0.4 is 10.4 Å². The van der Waals surface area contributed by atoms with Crippen LogP contribution >= 0.6 is 0 Å². The molecule has 0 atom stereocenters. The second-order valence-corrected chi connectivity index (χ2v) is 6.82. The number of rotatable bonds is 2. The van der Waals surface area contributed by atoms with Crippen molar-refractivity contribution in [3.63, 3.8) is 0 Å². The fourth-order valence-electron chi connectivity index (χ4n) is 1.90. The van der Waals surface area contributed by atoms with Gasteiger partial charge in [0.1, 0.15) is 0 Å². The van der Waals surface area contributed by atoms with E-state index in [1.54, 1.807) is 0 Å². The average Bonchev–Trinajstić information content (AvgIpc) is 3.08. The largest absolute Gasteiger partial charge is 0.358 e. The minimum Gasteiger partial charge on any atom is -0.358 e. The van der Waals surface area contributed by atoms with Crippen molar-refractivity contribution in [3.05, 3.63) is 114 Å². The van der Waals surface area contributed by atoms with E-state index in [1.165, 1.54) is 10.4 Å². The molecule has 0 amide bonds. The molecule has 0 spiro atoms. The van der Waals surface area contributed by atoms with E-state index in [0.29, 0.717) is 0 Å². The monoisotopic (exact) mass is 502 g/mol. The first kappa shape index (κ1) is 26.7. The van der Waals surface area contributed by atoms with Gasteiger partial charge in [0.15, 0.2) is 0 Å². The van der Waals surface area contributed by atoms with Crippen molar-refractivity contribution in [2.45, 2.75) is 6.42 Å². The van der Waals surface area contributed by atoms with E-state index >= 15 is 0 Å². The molecule has 2 aromatic carbocycles. The van der Waals surface area contributed by atoms with Crippen LogP contribution in [0.5, 0.6) is 0 Å².